The average Bonchev–Trinajstić information content (AvgIpc) is 2.93. The van der Waals surface area contributed by atoms with Gasteiger partial charge in [-0.25, -0.2) is 0 Å². The normalized spacial score (nSPS) is 18.2. The van der Waals surface area contributed by atoms with E-state index in [0.717, 1.165) is 0 Å². The first-order valence-electron chi connectivity index (χ1n) is 8.84. The van der Waals surface area contributed by atoms with Gasteiger partial charge >= 0.3 is 0 Å². The van der Waals surface area contributed by atoms with Crippen LogP contribution in [-0.2, 0) is 14.4 Å². The predicted octanol–water partition coefficient (Wildman–Crippen LogP) is 3.55. The number of hydrogen-bond donors (Lipinski definition) is 2. The minimum atomic E-state index is -0.809. The summed E-state index contributed by atoms with van der Waals surface area (Å²) in [7, 11) is 0. The molecule has 1 heterocycles. The molecule has 0 saturated carbocycles. The first kappa shape index (κ1) is 20.9. The molecule has 29 heavy (non-hydrogen) atoms. The molecule has 150 valence electrons. The van der Waals surface area contributed by atoms with Gasteiger partial charge in [-0.1, -0.05) is 35.3 Å². The average molecular weight is 433 g/mol. The molecule has 8 heteroatoms. The highest BCUT2D eigenvalue weighted by Gasteiger charge is 2.45. The standard InChI is InChI=1S/C21H18Cl2N2O4/c1-12(26)24-10-11-25-18(13-2-6-15(22)7-3-13)17(20(28)21(25)29)19(27)14-4-8-16(23)9-5-14/h2-9,18,27H,10-11H2,1H3,(H,24,26). The topological polar surface area (TPSA) is 86.7 Å². The smallest absolute Gasteiger partial charge is 0.295 e. The van der Waals surface area contributed by atoms with E-state index in [9.17, 15) is 19.5 Å². The number of carbonyl (C=O) groups is 3. The van der Waals surface area contributed by atoms with E-state index in [2.05, 4.69) is 5.32 Å². The van der Waals surface area contributed by atoms with E-state index < -0.39 is 17.7 Å². The van der Waals surface area contributed by atoms with Crippen LogP contribution in [0.4, 0.5) is 0 Å². The molecule has 2 N–H and O–H groups in total. The molecule has 0 aliphatic carbocycles. The Hall–Kier alpha value is -2.83. The number of aliphatic hydroxyl groups excluding tert-OH is 1. The summed E-state index contributed by atoms with van der Waals surface area (Å²) in [6, 6.07) is 12.2. The number of aliphatic hydroxyl groups is 1. The lowest BCUT2D eigenvalue weighted by molar-refractivity contribution is -0.139. The van der Waals surface area contributed by atoms with Crippen LogP contribution >= 0.6 is 23.2 Å². The van der Waals surface area contributed by atoms with Crippen LogP contribution in [0.2, 0.25) is 10.0 Å². The third-order valence-electron chi connectivity index (χ3n) is 4.57. The van der Waals surface area contributed by atoms with Gasteiger partial charge in [-0.2, -0.15) is 0 Å². The van der Waals surface area contributed by atoms with Crippen molar-refractivity contribution >= 4 is 46.6 Å². The van der Waals surface area contributed by atoms with Crippen LogP contribution in [0, 0.1) is 0 Å². The minimum Gasteiger partial charge on any atom is -0.507 e. The zero-order chi connectivity index (χ0) is 21.1. The Balaban J connectivity index is 2.08. The summed E-state index contributed by atoms with van der Waals surface area (Å²) >= 11 is 11.9. The highest BCUT2D eigenvalue weighted by Crippen LogP contribution is 2.39. The Bertz CT molecular complexity index is 985. The molecule has 1 atom stereocenters. The summed E-state index contributed by atoms with van der Waals surface area (Å²) in [5, 5.41) is 14.5. The van der Waals surface area contributed by atoms with Gasteiger partial charge in [0.1, 0.15) is 5.76 Å². The van der Waals surface area contributed by atoms with Gasteiger partial charge in [-0.05, 0) is 42.0 Å². The number of rotatable bonds is 5. The van der Waals surface area contributed by atoms with E-state index in [1.807, 2.05) is 0 Å². The SMILES string of the molecule is CC(=O)NCCN1C(=O)C(=O)C(=C(O)c2ccc(Cl)cc2)C1c1ccc(Cl)cc1. The lowest BCUT2D eigenvalue weighted by atomic mass is 9.95. The van der Waals surface area contributed by atoms with Crippen LogP contribution in [0.25, 0.3) is 5.76 Å². The van der Waals surface area contributed by atoms with Crippen molar-refractivity contribution in [3.05, 3.63) is 75.3 Å². The van der Waals surface area contributed by atoms with Crippen molar-refractivity contribution in [2.24, 2.45) is 0 Å². The van der Waals surface area contributed by atoms with Gasteiger partial charge < -0.3 is 15.3 Å². The number of nitrogens with zero attached hydrogens (tertiary/aromatic N) is 1. The number of amides is 2. The first-order valence-corrected chi connectivity index (χ1v) is 9.59. The Morgan fingerprint density at radius 1 is 1.03 bits per heavy atom. The number of nitrogens with one attached hydrogen (secondary N) is 1. The van der Waals surface area contributed by atoms with Crippen LogP contribution in [0.5, 0.6) is 0 Å². The molecule has 1 aliphatic heterocycles. The Labute approximate surface area is 177 Å². The third-order valence-corrected chi connectivity index (χ3v) is 5.07. The minimum absolute atomic E-state index is 0.0255. The molecule has 2 amide bonds. The van der Waals surface area contributed by atoms with Gasteiger partial charge in [-0.3, -0.25) is 14.4 Å². The number of benzene rings is 2. The van der Waals surface area contributed by atoms with Gasteiger partial charge in [0.05, 0.1) is 11.6 Å². The van der Waals surface area contributed by atoms with E-state index in [0.29, 0.717) is 21.2 Å². The summed E-state index contributed by atoms with van der Waals surface area (Å²) in [4.78, 5) is 38.0. The molecular formula is C21H18Cl2N2O4. The maximum absolute atomic E-state index is 12.8. The maximum Gasteiger partial charge on any atom is 0.295 e. The number of Topliss-reactive ketones (excluding diaryl/α,β-unsaturated/α-hetero) is 1. The quantitative estimate of drug-likeness (QED) is 0.429. The highest BCUT2D eigenvalue weighted by molar-refractivity contribution is 6.46. The summed E-state index contributed by atoms with van der Waals surface area (Å²) in [5.41, 5.74) is 0.961. The van der Waals surface area contributed by atoms with Crippen molar-refractivity contribution in [3.8, 4) is 0 Å². The zero-order valence-corrected chi connectivity index (χ0v) is 17.0. The van der Waals surface area contributed by atoms with Gasteiger partial charge in [0.2, 0.25) is 5.91 Å². The molecule has 1 aliphatic rings. The molecule has 1 saturated heterocycles. The third kappa shape index (κ3) is 4.44. The number of hydrogen-bond acceptors (Lipinski definition) is 4. The molecule has 0 spiro atoms. The van der Waals surface area contributed by atoms with Crippen LogP contribution in [0.1, 0.15) is 24.1 Å². The lowest BCUT2D eigenvalue weighted by Crippen LogP contribution is -2.37. The largest absolute Gasteiger partial charge is 0.507 e. The van der Waals surface area contributed by atoms with Gasteiger partial charge in [0.15, 0.2) is 0 Å². The van der Waals surface area contributed by atoms with E-state index in [-0.39, 0.29) is 30.3 Å². The van der Waals surface area contributed by atoms with Crippen molar-refractivity contribution in [2.45, 2.75) is 13.0 Å². The van der Waals surface area contributed by atoms with Gasteiger partial charge in [0.25, 0.3) is 11.7 Å². The van der Waals surface area contributed by atoms with E-state index in [1.165, 1.54) is 11.8 Å². The number of halogens is 2. The highest BCUT2D eigenvalue weighted by atomic mass is 35.5. The fourth-order valence-corrected chi connectivity index (χ4v) is 3.47. The number of ketones is 1. The molecule has 0 bridgehead atoms. The monoisotopic (exact) mass is 432 g/mol. The summed E-state index contributed by atoms with van der Waals surface area (Å²) in [5.74, 6) is -2.07. The second kappa shape index (κ2) is 8.68. The van der Waals surface area contributed by atoms with Crippen molar-refractivity contribution in [1.29, 1.82) is 0 Å². The van der Waals surface area contributed by atoms with Crippen molar-refractivity contribution in [1.82, 2.24) is 10.2 Å². The molecule has 3 rings (SSSR count). The molecular weight excluding hydrogens is 415 g/mol. The molecule has 1 fully saturated rings. The number of carbonyl (C=O) groups excluding carboxylic acids is 3. The fourth-order valence-electron chi connectivity index (χ4n) is 3.22. The first-order chi connectivity index (χ1) is 13.8. The van der Waals surface area contributed by atoms with Crippen LogP contribution in [-0.4, -0.2) is 40.7 Å². The molecule has 2 aromatic carbocycles. The van der Waals surface area contributed by atoms with E-state index in [1.54, 1.807) is 48.5 Å². The Kier molecular flexibility index (Phi) is 6.25. The van der Waals surface area contributed by atoms with Crippen LogP contribution in [0.15, 0.2) is 54.1 Å². The summed E-state index contributed by atoms with van der Waals surface area (Å²) in [6.07, 6.45) is 0. The summed E-state index contributed by atoms with van der Waals surface area (Å²) in [6.45, 7) is 1.65. The van der Waals surface area contributed by atoms with Crippen molar-refractivity contribution < 1.29 is 19.5 Å². The molecule has 1 unspecified atom stereocenters. The zero-order valence-electron chi connectivity index (χ0n) is 15.5. The van der Waals surface area contributed by atoms with Gasteiger partial charge in [0, 0.05) is 35.6 Å². The van der Waals surface area contributed by atoms with E-state index in [4.69, 9.17) is 23.2 Å². The van der Waals surface area contributed by atoms with Gasteiger partial charge in [-0.15, -0.1) is 0 Å². The van der Waals surface area contributed by atoms with Crippen LogP contribution < -0.4 is 5.32 Å². The Morgan fingerprint density at radius 2 is 1.59 bits per heavy atom. The van der Waals surface area contributed by atoms with Crippen LogP contribution in [0.3, 0.4) is 0 Å². The summed E-state index contributed by atoms with van der Waals surface area (Å²) < 4.78 is 0. The molecule has 0 aromatic heterocycles. The molecule has 0 radical (unpaired) electrons. The Morgan fingerprint density at radius 3 is 2.14 bits per heavy atom. The maximum atomic E-state index is 12.8. The van der Waals surface area contributed by atoms with Crippen molar-refractivity contribution in [3.63, 3.8) is 0 Å². The molecule has 6 nitrogen and oxygen atoms in total. The van der Waals surface area contributed by atoms with E-state index >= 15 is 0 Å². The fraction of sp³-hybridized carbons (Fsp3) is 0.190. The number of likely N-dealkylation sites (tertiary alicyclic amines) is 1. The second-order valence-corrected chi connectivity index (χ2v) is 7.41. The predicted molar refractivity (Wildman–Crippen MR) is 111 cm³/mol. The second-order valence-electron chi connectivity index (χ2n) is 6.53. The van der Waals surface area contributed by atoms with Crippen molar-refractivity contribution in [2.75, 3.05) is 13.1 Å². The molecule has 2 aromatic rings. The lowest BCUT2D eigenvalue weighted by Gasteiger charge is -2.25.